The van der Waals surface area contributed by atoms with Crippen LogP contribution in [0.5, 0.6) is 0 Å². The third-order valence-electron chi connectivity index (χ3n) is 3.39. The zero-order valence-corrected chi connectivity index (χ0v) is 12.4. The van der Waals surface area contributed by atoms with Crippen LogP contribution in [0.15, 0.2) is 17.7 Å². The van der Waals surface area contributed by atoms with Gasteiger partial charge in [0, 0.05) is 5.54 Å². The predicted molar refractivity (Wildman–Crippen MR) is 75.6 cm³/mol. The first-order valence-electron chi connectivity index (χ1n) is 5.79. The highest BCUT2D eigenvalue weighted by molar-refractivity contribution is 7.20. The topological polar surface area (TPSA) is 0 Å². The van der Waals surface area contributed by atoms with E-state index in [1.165, 1.54) is 27.8 Å². The lowest BCUT2D eigenvalue weighted by Crippen LogP contribution is -2.28. The van der Waals surface area contributed by atoms with Crippen molar-refractivity contribution in [1.82, 2.24) is 0 Å². The maximum Gasteiger partial charge on any atom is 0.161 e. The molecule has 2 rings (SSSR count). The SMILES string of the molecule is CC1=Cc2c(C)cc(C)cc2C1[Si](C)(C)Cl. The zero-order chi connectivity index (χ0) is 12.1. The van der Waals surface area contributed by atoms with Crippen LogP contribution >= 0.6 is 11.1 Å². The Morgan fingerprint density at radius 2 is 1.75 bits per heavy atom. The fourth-order valence-corrected chi connectivity index (χ4v) is 5.93. The van der Waals surface area contributed by atoms with Gasteiger partial charge in [-0.3, -0.25) is 0 Å². The van der Waals surface area contributed by atoms with Crippen LogP contribution in [0.2, 0.25) is 13.1 Å². The van der Waals surface area contributed by atoms with Gasteiger partial charge in [0.05, 0.1) is 0 Å². The Morgan fingerprint density at radius 3 is 2.31 bits per heavy atom. The molecular formula is C14H19ClSi. The molecule has 1 unspecified atom stereocenters. The van der Waals surface area contributed by atoms with E-state index in [0.717, 1.165) is 0 Å². The van der Waals surface area contributed by atoms with E-state index in [1.807, 2.05) is 0 Å². The van der Waals surface area contributed by atoms with Crippen molar-refractivity contribution in [2.75, 3.05) is 0 Å². The highest BCUT2D eigenvalue weighted by atomic mass is 35.6. The molecule has 0 saturated heterocycles. The maximum absolute atomic E-state index is 6.66. The first-order chi connectivity index (χ1) is 7.30. The molecule has 0 fully saturated rings. The first-order valence-corrected chi connectivity index (χ1v) is 9.88. The Morgan fingerprint density at radius 1 is 1.12 bits per heavy atom. The van der Waals surface area contributed by atoms with E-state index in [4.69, 9.17) is 11.1 Å². The molecule has 0 saturated carbocycles. The van der Waals surface area contributed by atoms with Gasteiger partial charge < -0.3 is 0 Å². The second-order valence-electron chi connectivity index (χ2n) is 5.47. The smallest absolute Gasteiger partial charge is 0.161 e. The van der Waals surface area contributed by atoms with Gasteiger partial charge in [-0.15, -0.1) is 0 Å². The molecule has 0 aromatic heterocycles. The van der Waals surface area contributed by atoms with Crippen molar-refractivity contribution in [3.63, 3.8) is 0 Å². The molecule has 86 valence electrons. The summed E-state index contributed by atoms with van der Waals surface area (Å²) in [5.74, 6) is 0. The molecule has 0 bridgehead atoms. The van der Waals surface area contributed by atoms with Crippen LogP contribution in [-0.2, 0) is 0 Å². The van der Waals surface area contributed by atoms with Crippen LogP contribution in [0.4, 0.5) is 0 Å². The van der Waals surface area contributed by atoms with E-state index in [9.17, 15) is 0 Å². The highest BCUT2D eigenvalue weighted by Gasteiger charge is 2.37. The summed E-state index contributed by atoms with van der Waals surface area (Å²) in [5.41, 5.74) is 7.53. The Labute approximate surface area is 104 Å². The van der Waals surface area contributed by atoms with E-state index < -0.39 is 7.38 Å². The van der Waals surface area contributed by atoms with Gasteiger partial charge in [0.25, 0.3) is 0 Å². The number of hydrogen-bond acceptors (Lipinski definition) is 0. The second kappa shape index (κ2) is 3.75. The summed E-state index contributed by atoms with van der Waals surface area (Å²) in [4.78, 5) is 0. The van der Waals surface area contributed by atoms with Gasteiger partial charge in [-0.05, 0) is 37.5 Å². The van der Waals surface area contributed by atoms with Crippen molar-refractivity contribution in [2.24, 2.45) is 0 Å². The van der Waals surface area contributed by atoms with E-state index in [-0.39, 0.29) is 0 Å². The van der Waals surface area contributed by atoms with Crippen LogP contribution in [0, 0.1) is 13.8 Å². The number of halogens is 1. The van der Waals surface area contributed by atoms with Gasteiger partial charge in [-0.1, -0.05) is 42.4 Å². The van der Waals surface area contributed by atoms with Crippen LogP contribution in [-0.4, -0.2) is 7.38 Å². The highest BCUT2D eigenvalue weighted by Crippen LogP contribution is 2.44. The van der Waals surface area contributed by atoms with Gasteiger partial charge in [-0.2, -0.15) is 11.1 Å². The van der Waals surface area contributed by atoms with Crippen molar-refractivity contribution in [3.05, 3.63) is 40.0 Å². The normalized spacial score (nSPS) is 19.6. The quantitative estimate of drug-likeness (QED) is 0.497. The molecule has 1 aliphatic carbocycles. The van der Waals surface area contributed by atoms with Gasteiger partial charge in [0.15, 0.2) is 7.38 Å². The molecular weight excluding hydrogens is 232 g/mol. The average molecular weight is 251 g/mol. The van der Waals surface area contributed by atoms with Crippen LogP contribution in [0.3, 0.4) is 0 Å². The molecule has 16 heavy (non-hydrogen) atoms. The molecule has 0 nitrogen and oxygen atoms in total. The number of allylic oxidation sites excluding steroid dienone is 1. The number of fused-ring (bicyclic) bond motifs is 1. The Bertz CT molecular complexity index is 466. The molecule has 0 amide bonds. The molecule has 0 spiro atoms. The summed E-state index contributed by atoms with van der Waals surface area (Å²) < 4.78 is 0. The number of aryl methyl sites for hydroxylation is 2. The van der Waals surface area contributed by atoms with E-state index >= 15 is 0 Å². The molecule has 1 aromatic carbocycles. The summed E-state index contributed by atoms with van der Waals surface area (Å²) in [7, 11) is -1.68. The van der Waals surface area contributed by atoms with E-state index in [2.05, 4.69) is 52.1 Å². The lowest BCUT2D eigenvalue weighted by Gasteiger charge is -2.25. The van der Waals surface area contributed by atoms with Crippen molar-refractivity contribution in [3.8, 4) is 0 Å². The fraction of sp³-hybridized carbons (Fsp3) is 0.429. The summed E-state index contributed by atoms with van der Waals surface area (Å²) in [5, 5.41) is 0. The van der Waals surface area contributed by atoms with Gasteiger partial charge >= 0.3 is 0 Å². The Kier molecular flexibility index (Phi) is 2.79. The Hall–Kier alpha value is -0.533. The molecule has 0 radical (unpaired) electrons. The minimum absolute atomic E-state index is 0.489. The van der Waals surface area contributed by atoms with E-state index in [0.29, 0.717) is 5.54 Å². The Balaban J connectivity index is 2.63. The monoisotopic (exact) mass is 250 g/mol. The van der Waals surface area contributed by atoms with Gasteiger partial charge in [0.2, 0.25) is 0 Å². The molecule has 1 aliphatic rings. The lowest BCUT2D eigenvalue weighted by molar-refractivity contribution is 1.08. The molecule has 0 heterocycles. The van der Waals surface area contributed by atoms with Crippen molar-refractivity contribution < 1.29 is 0 Å². The zero-order valence-electron chi connectivity index (χ0n) is 10.7. The van der Waals surface area contributed by atoms with Crippen LogP contribution < -0.4 is 0 Å². The van der Waals surface area contributed by atoms with Gasteiger partial charge in [0.1, 0.15) is 0 Å². The largest absolute Gasteiger partial charge is 0.167 e. The standard InChI is InChI=1S/C14H19ClSi/c1-9-6-10(2)12-8-11(3)14(13(12)7-9)16(4,5)15/h6-8,14H,1-5H3. The first kappa shape index (κ1) is 11.9. The summed E-state index contributed by atoms with van der Waals surface area (Å²) in [6, 6.07) is 4.57. The minimum Gasteiger partial charge on any atom is -0.167 e. The summed E-state index contributed by atoms with van der Waals surface area (Å²) >= 11 is 6.66. The molecule has 0 aliphatic heterocycles. The minimum atomic E-state index is -1.68. The van der Waals surface area contributed by atoms with Crippen molar-refractivity contribution >= 4 is 24.5 Å². The second-order valence-corrected chi connectivity index (χ2v) is 12.1. The fourth-order valence-electron chi connectivity index (χ4n) is 2.92. The average Bonchev–Trinajstić information content (AvgIpc) is 2.40. The summed E-state index contributed by atoms with van der Waals surface area (Å²) in [6.45, 7) is 11.1. The summed E-state index contributed by atoms with van der Waals surface area (Å²) in [6.07, 6.45) is 2.33. The lowest BCUT2D eigenvalue weighted by atomic mass is 10.0. The van der Waals surface area contributed by atoms with Crippen LogP contribution in [0.1, 0.15) is 34.7 Å². The van der Waals surface area contributed by atoms with E-state index in [1.54, 1.807) is 0 Å². The number of benzene rings is 1. The third-order valence-corrected chi connectivity index (χ3v) is 6.18. The molecule has 1 atom stereocenters. The third kappa shape index (κ3) is 1.87. The van der Waals surface area contributed by atoms with Crippen molar-refractivity contribution in [1.29, 1.82) is 0 Å². The van der Waals surface area contributed by atoms with Gasteiger partial charge in [-0.25, -0.2) is 0 Å². The maximum atomic E-state index is 6.66. The molecule has 2 heteroatoms. The van der Waals surface area contributed by atoms with Crippen molar-refractivity contribution in [2.45, 2.75) is 39.4 Å². The predicted octanol–water partition coefficient (Wildman–Crippen LogP) is 4.79. The molecule has 0 N–H and O–H groups in total. The number of rotatable bonds is 1. The van der Waals surface area contributed by atoms with Crippen LogP contribution in [0.25, 0.3) is 6.08 Å². The number of hydrogen-bond donors (Lipinski definition) is 0. The molecule has 1 aromatic rings.